The van der Waals surface area contributed by atoms with Crippen LogP contribution in [0.1, 0.15) is 83.0 Å². The van der Waals surface area contributed by atoms with Crippen LogP contribution in [-0.2, 0) is 6.42 Å². The second kappa shape index (κ2) is 8.69. The van der Waals surface area contributed by atoms with Gasteiger partial charge >= 0.3 is 0 Å². The number of hydrogen-bond donors (Lipinski definition) is 2. The normalized spacial score (nSPS) is 18.0. The van der Waals surface area contributed by atoms with E-state index >= 15 is 0 Å². The zero-order valence-electron chi connectivity index (χ0n) is 13.2. The van der Waals surface area contributed by atoms with Gasteiger partial charge in [-0.05, 0) is 37.9 Å². The third kappa shape index (κ3) is 4.92. The van der Waals surface area contributed by atoms with Crippen molar-refractivity contribution in [3.05, 3.63) is 10.6 Å². The maximum Gasteiger partial charge on any atom is 0.195 e. The highest BCUT2D eigenvalue weighted by Crippen LogP contribution is 2.29. The highest BCUT2D eigenvalue weighted by Gasteiger charge is 2.20. The lowest BCUT2D eigenvalue weighted by Gasteiger charge is -2.24. The molecule has 0 radical (unpaired) electrons. The molecule has 0 bridgehead atoms. The van der Waals surface area contributed by atoms with Gasteiger partial charge in [0.1, 0.15) is 5.82 Å². The Morgan fingerprint density at radius 1 is 1.29 bits per heavy atom. The molecule has 0 aliphatic heterocycles. The number of aryl methyl sites for hydroxylation is 1. The van der Waals surface area contributed by atoms with Crippen molar-refractivity contribution in [2.24, 2.45) is 0 Å². The summed E-state index contributed by atoms with van der Waals surface area (Å²) in [4.78, 5) is 0. The maximum atomic E-state index is 10.1. The van der Waals surface area contributed by atoms with Crippen LogP contribution in [0.5, 0.6) is 0 Å². The number of H-pyrrole nitrogens is 1. The summed E-state index contributed by atoms with van der Waals surface area (Å²) in [5, 5.41) is 17.4. The van der Waals surface area contributed by atoms with Crippen molar-refractivity contribution in [1.29, 1.82) is 0 Å². The molecule has 0 spiro atoms. The highest BCUT2D eigenvalue weighted by atomic mass is 32.1. The molecule has 5 heteroatoms. The van der Waals surface area contributed by atoms with Gasteiger partial charge in [-0.1, -0.05) is 45.4 Å². The number of unbranched alkanes of at least 4 members (excludes halogenated alkanes) is 2. The predicted octanol–water partition coefficient (Wildman–Crippen LogP) is 4.32. The topological polar surface area (TPSA) is 53.8 Å². The van der Waals surface area contributed by atoms with Gasteiger partial charge in [0.2, 0.25) is 0 Å². The SMILES string of the molecule is CCCCC[C@H](O)CCc1n[nH]c(=S)n1C1CCCCC1. The summed E-state index contributed by atoms with van der Waals surface area (Å²) in [7, 11) is 0. The molecule has 1 saturated carbocycles. The molecule has 2 rings (SSSR count). The number of nitrogens with zero attached hydrogens (tertiary/aromatic N) is 2. The number of rotatable bonds is 8. The minimum Gasteiger partial charge on any atom is -0.393 e. The van der Waals surface area contributed by atoms with E-state index in [1.165, 1.54) is 44.9 Å². The summed E-state index contributed by atoms with van der Waals surface area (Å²) in [6.45, 7) is 2.19. The molecule has 4 nitrogen and oxygen atoms in total. The van der Waals surface area contributed by atoms with E-state index in [4.69, 9.17) is 12.2 Å². The number of hydrogen-bond acceptors (Lipinski definition) is 3. The largest absolute Gasteiger partial charge is 0.393 e. The quantitative estimate of drug-likeness (QED) is 0.555. The lowest BCUT2D eigenvalue weighted by Crippen LogP contribution is -2.17. The zero-order chi connectivity index (χ0) is 15.1. The molecular weight excluding hydrogens is 282 g/mol. The van der Waals surface area contributed by atoms with E-state index in [9.17, 15) is 5.11 Å². The van der Waals surface area contributed by atoms with Gasteiger partial charge in [0.25, 0.3) is 0 Å². The van der Waals surface area contributed by atoms with Crippen molar-refractivity contribution in [1.82, 2.24) is 14.8 Å². The summed E-state index contributed by atoms with van der Waals surface area (Å²) in [6, 6.07) is 0.511. The van der Waals surface area contributed by atoms with Crippen LogP contribution in [0.15, 0.2) is 0 Å². The van der Waals surface area contributed by atoms with E-state index in [0.29, 0.717) is 6.04 Å². The van der Waals surface area contributed by atoms with Crippen molar-refractivity contribution in [3.8, 4) is 0 Å². The van der Waals surface area contributed by atoms with Crippen molar-refractivity contribution in [3.63, 3.8) is 0 Å². The first-order valence-electron chi connectivity index (χ1n) is 8.56. The minimum atomic E-state index is -0.207. The fourth-order valence-corrected chi connectivity index (χ4v) is 3.60. The zero-order valence-corrected chi connectivity index (χ0v) is 14.0. The molecule has 1 aliphatic rings. The molecule has 0 unspecified atom stereocenters. The first-order chi connectivity index (χ1) is 10.2. The summed E-state index contributed by atoms with van der Waals surface area (Å²) in [5.41, 5.74) is 0. The van der Waals surface area contributed by atoms with Gasteiger partial charge < -0.3 is 9.67 Å². The van der Waals surface area contributed by atoms with Gasteiger partial charge in [-0.3, -0.25) is 5.10 Å². The van der Waals surface area contributed by atoms with Crippen molar-refractivity contribution >= 4 is 12.2 Å². The van der Waals surface area contributed by atoms with E-state index in [1.807, 2.05) is 0 Å². The Kier molecular flexibility index (Phi) is 6.90. The van der Waals surface area contributed by atoms with E-state index < -0.39 is 0 Å². The fraction of sp³-hybridized carbons (Fsp3) is 0.875. The Morgan fingerprint density at radius 3 is 2.76 bits per heavy atom. The molecule has 2 N–H and O–H groups in total. The summed E-state index contributed by atoms with van der Waals surface area (Å²) in [5.74, 6) is 1.03. The number of aromatic nitrogens is 3. The average Bonchev–Trinajstić information content (AvgIpc) is 2.87. The lowest BCUT2D eigenvalue weighted by molar-refractivity contribution is 0.150. The Balaban J connectivity index is 1.89. The molecule has 1 atom stereocenters. The van der Waals surface area contributed by atoms with Crippen molar-refractivity contribution < 1.29 is 5.11 Å². The highest BCUT2D eigenvalue weighted by molar-refractivity contribution is 7.71. The molecule has 1 aromatic rings. The Hall–Kier alpha value is -0.680. The van der Waals surface area contributed by atoms with Crippen LogP contribution in [0.2, 0.25) is 0 Å². The number of aromatic amines is 1. The van der Waals surface area contributed by atoms with Crippen LogP contribution < -0.4 is 0 Å². The molecule has 0 aromatic carbocycles. The number of nitrogens with one attached hydrogen (secondary N) is 1. The molecule has 1 heterocycles. The second-order valence-corrected chi connectivity index (χ2v) is 6.68. The smallest absolute Gasteiger partial charge is 0.195 e. The Bertz CT molecular complexity index is 462. The van der Waals surface area contributed by atoms with Crippen molar-refractivity contribution in [2.45, 2.75) is 89.7 Å². The molecule has 21 heavy (non-hydrogen) atoms. The Morgan fingerprint density at radius 2 is 2.05 bits per heavy atom. The van der Waals surface area contributed by atoms with E-state index in [-0.39, 0.29) is 6.10 Å². The molecule has 0 saturated heterocycles. The molecule has 1 aliphatic carbocycles. The molecule has 1 aromatic heterocycles. The molecular formula is C16H29N3OS. The maximum absolute atomic E-state index is 10.1. The first kappa shape index (κ1) is 16.7. The monoisotopic (exact) mass is 311 g/mol. The van der Waals surface area contributed by atoms with Gasteiger partial charge in [-0.2, -0.15) is 5.10 Å². The summed E-state index contributed by atoms with van der Waals surface area (Å²) >= 11 is 5.40. The average molecular weight is 311 g/mol. The van der Waals surface area contributed by atoms with Gasteiger partial charge in [-0.25, -0.2) is 0 Å². The predicted molar refractivity (Wildman–Crippen MR) is 88.0 cm³/mol. The summed E-state index contributed by atoms with van der Waals surface area (Å²) < 4.78 is 2.96. The van der Waals surface area contributed by atoms with E-state index in [0.717, 1.165) is 36.3 Å². The molecule has 0 amide bonds. The molecule has 120 valence electrons. The third-order valence-corrected chi connectivity index (χ3v) is 4.85. The number of aliphatic hydroxyl groups excluding tert-OH is 1. The van der Waals surface area contributed by atoms with Crippen LogP contribution >= 0.6 is 12.2 Å². The summed E-state index contributed by atoms with van der Waals surface area (Å²) in [6.07, 6.45) is 12.2. The first-order valence-corrected chi connectivity index (χ1v) is 8.97. The standard InChI is InChI=1S/C16H29N3OS/c1-2-3-5-10-14(20)11-12-15-17-18-16(21)19(15)13-8-6-4-7-9-13/h13-14,20H,2-12H2,1H3,(H,18,21)/t14-/m0/s1. The van der Waals surface area contributed by atoms with E-state index in [1.54, 1.807) is 0 Å². The minimum absolute atomic E-state index is 0.207. The van der Waals surface area contributed by atoms with Gasteiger partial charge in [-0.15, -0.1) is 0 Å². The van der Waals surface area contributed by atoms with E-state index in [2.05, 4.69) is 21.7 Å². The van der Waals surface area contributed by atoms with Crippen LogP contribution in [0.25, 0.3) is 0 Å². The molecule has 1 fully saturated rings. The number of aliphatic hydroxyl groups is 1. The van der Waals surface area contributed by atoms with Gasteiger partial charge in [0, 0.05) is 12.5 Å². The van der Waals surface area contributed by atoms with Crippen LogP contribution in [-0.4, -0.2) is 26.0 Å². The second-order valence-electron chi connectivity index (χ2n) is 6.30. The van der Waals surface area contributed by atoms with Crippen LogP contribution in [0.4, 0.5) is 0 Å². The third-order valence-electron chi connectivity index (χ3n) is 4.56. The van der Waals surface area contributed by atoms with Crippen LogP contribution in [0.3, 0.4) is 0 Å². The van der Waals surface area contributed by atoms with Crippen LogP contribution in [0, 0.1) is 4.77 Å². The fourth-order valence-electron chi connectivity index (χ4n) is 3.30. The van der Waals surface area contributed by atoms with Gasteiger partial charge in [0.15, 0.2) is 4.77 Å². The lowest BCUT2D eigenvalue weighted by atomic mass is 9.95. The van der Waals surface area contributed by atoms with Gasteiger partial charge in [0.05, 0.1) is 6.10 Å². The van der Waals surface area contributed by atoms with Crippen molar-refractivity contribution in [2.75, 3.05) is 0 Å². The Labute approximate surface area is 133 Å².